The van der Waals surface area contributed by atoms with E-state index in [4.69, 9.17) is 9.47 Å². The Kier molecular flexibility index (Phi) is 3.35. The molecule has 3 nitrogen and oxygen atoms in total. The normalized spacial score (nSPS) is 18.7. The zero-order chi connectivity index (χ0) is 11.7. The first-order valence-corrected chi connectivity index (χ1v) is 6.16. The van der Waals surface area contributed by atoms with Gasteiger partial charge in [-0.3, -0.25) is 0 Å². The Labute approximate surface area is 110 Å². The van der Waals surface area contributed by atoms with Crippen molar-refractivity contribution in [2.75, 3.05) is 0 Å². The molecule has 0 aromatic heterocycles. The molecule has 0 radical (unpaired) electrons. The van der Waals surface area contributed by atoms with Gasteiger partial charge in [0, 0.05) is 12.2 Å². The molecular formula is C11H8Br2O3. The summed E-state index contributed by atoms with van der Waals surface area (Å²) in [5.41, 5.74) is 1.10. The molecule has 1 aliphatic heterocycles. The lowest BCUT2D eigenvalue weighted by molar-refractivity contribution is -0.147. The second-order valence-electron chi connectivity index (χ2n) is 3.34. The number of cyclic esters (lactones) is 1. The number of rotatable bonds is 2. The maximum Gasteiger partial charge on any atom is 0.334 e. The molecule has 0 fully saturated rings. The lowest BCUT2D eigenvalue weighted by Gasteiger charge is -2.14. The molecule has 1 aromatic carbocycles. The first kappa shape index (κ1) is 11.7. The predicted molar refractivity (Wildman–Crippen MR) is 66.2 cm³/mol. The van der Waals surface area contributed by atoms with Crippen molar-refractivity contribution in [1.82, 2.24) is 0 Å². The summed E-state index contributed by atoms with van der Waals surface area (Å²) in [6.07, 6.45) is 2.27. The molecule has 0 saturated heterocycles. The Morgan fingerprint density at radius 2 is 1.94 bits per heavy atom. The van der Waals surface area contributed by atoms with E-state index in [-0.39, 0.29) is 5.97 Å². The third-order valence-corrected chi connectivity index (χ3v) is 3.18. The van der Waals surface area contributed by atoms with Gasteiger partial charge in [-0.25, -0.2) is 4.79 Å². The van der Waals surface area contributed by atoms with Crippen molar-refractivity contribution in [1.29, 1.82) is 0 Å². The monoisotopic (exact) mass is 346 g/mol. The molecule has 0 N–H and O–H groups in total. The van der Waals surface area contributed by atoms with Crippen molar-refractivity contribution >= 4 is 37.8 Å². The van der Waals surface area contributed by atoms with Gasteiger partial charge in [0.2, 0.25) is 0 Å². The van der Waals surface area contributed by atoms with E-state index in [2.05, 4.69) is 31.9 Å². The highest BCUT2D eigenvalue weighted by atomic mass is 79.9. The fourth-order valence-electron chi connectivity index (χ4n) is 1.33. The molecule has 2 rings (SSSR count). The van der Waals surface area contributed by atoms with Crippen molar-refractivity contribution in [2.45, 2.75) is 13.2 Å². The summed E-state index contributed by atoms with van der Waals surface area (Å²) in [5.74, 6) is 0.235. The van der Waals surface area contributed by atoms with Crippen LogP contribution in [0.2, 0.25) is 0 Å². The molecule has 16 heavy (non-hydrogen) atoms. The van der Waals surface area contributed by atoms with Gasteiger partial charge in [-0.2, -0.15) is 0 Å². The van der Waals surface area contributed by atoms with Gasteiger partial charge < -0.3 is 9.47 Å². The third-order valence-electron chi connectivity index (χ3n) is 2.00. The molecule has 5 heteroatoms. The molecule has 1 aromatic rings. The number of carbonyl (C=O) groups is 1. The molecular weight excluding hydrogens is 340 g/mol. The fraction of sp³-hybridized carbons (Fsp3) is 0.182. The topological polar surface area (TPSA) is 35.5 Å². The molecule has 1 unspecified atom stereocenters. The van der Waals surface area contributed by atoms with Gasteiger partial charge in [0.25, 0.3) is 6.29 Å². The quantitative estimate of drug-likeness (QED) is 0.770. The molecule has 0 bridgehead atoms. The molecule has 1 aliphatic rings. The zero-order valence-corrected chi connectivity index (χ0v) is 11.5. The Morgan fingerprint density at radius 3 is 2.44 bits per heavy atom. The summed E-state index contributed by atoms with van der Waals surface area (Å²) in [6.45, 7) is 1.98. The van der Waals surface area contributed by atoms with Crippen LogP contribution < -0.4 is 4.74 Å². The highest BCUT2D eigenvalue weighted by molar-refractivity contribution is 9.11. The third kappa shape index (κ3) is 2.47. The molecule has 0 amide bonds. The van der Waals surface area contributed by atoms with Crippen molar-refractivity contribution in [3.8, 4) is 5.75 Å². The number of hydrogen-bond donors (Lipinski definition) is 0. The van der Waals surface area contributed by atoms with Crippen molar-refractivity contribution in [2.24, 2.45) is 0 Å². The Bertz CT molecular complexity index is 445. The molecule has 84 valence electrons. The van der Waals surface area contributed by atoms with Crippen LogP contribution in [-0.4, -0.2) is 12.3 Å². The van der Waals surface area contributed by atoms with E-state index < -0.39 is 6.29 Å². The lowest BCUT2D eigenvalue weighted by Crippen LogP contribution is -2.16. The van der Waals surface area contributed by atoms with E-state index in [0.717, 1.165) is 14.5 Å². The van der Waals surface area contributed by atoms with Crippen LogP contribution in [0.25, 0.3) is 0 Å². The minimum atomic E-state index is -0.650. The minimum Gasteiger partial charge on any atom is -0.449 e. The number of ether oxygens (including phenoxy) is 2. The number of benzene rings is 1. The summed E-state index contributed by atoms with van der Waals surface area (Å²) >= 11 is 6.80. The van der Waals surface area contributed by atoms with E-state index >= 15 is 0 Å². The Morgan fingerprint density at radius 1 is 1.31 bits per heavy atom. The van der Waals surface area contributed by atoms with Gasteiger partial charge in [-0.15, -0.1) is 0 Å². The minimum absolute atomic E-state index is 0.385. The zero-order valence-electron chi connectivity index (χ0n) is 8.37. The molecule has 0 aliphatic carbocycles. The largest absolute Gasteiger partial charge is 0.449 e. The number of esters is 1. The lowest BCUT2D eigenvalue weighted by atomic mass is 10.2. The maximum atomic E-state index is 10.9. The summed E-state index contributed by atoms with van der Waals surface area (Å²) in [4.78, 5) is 10.9. The van der Waals surface area contributed by atoms with Crippen LogP contribution in [0, 0.1) is 6.92 Å². The highest BCUT2D eigenvalue weighted by Crippen LogP contribution is 2.35. The van der Waals surface area contributed by atoms with Gasteiger partial charge in [-0.1, -0.05) is 0 Å². The van der Waals surface area contributed by atoms with Crippen LogP contribution in [0.3, 0.4) is 0 Å². The average Bonchev–Trinajstić information content (AvgIpc) is 2.58. The van der Waals surface area contributed by atoms with Gasteiger partial charge in [0.15, 0.2) is 5.75 Å². The smallest absolute Gasteiger partial charge is 0.334 e. The first-order valence-electron chi connectivity index (χ1n) is 4.57. The summed E-state index contributed by atoms with van der Waals surface area (Å²) in [5, 5.41) is 0. The maximum absolute atomic E-state index is 10.9. The predicted octanol–water partition coefficient (Wildman–Crippen LogP) is 3.34. The standard InChI is InChI=1S/C11H8Br2O3/c1-6-4-7(12)11(8(13)5-6)16-10-3-2-9(14)15-10/h2-5,10H,1H3. The van der Waals surface area contributed by atoms with E-state index in [1.165, 1.54) is 6.08 Å². The van der Waals surface area contributed by atoms with E-state index in [0.29, 0.717) is 5.75 Å². The van der Waals surface area contributed by atoms with Crippen LogP contribution in [-0.2, 0) is 9.53 Å². The molecule has 1 atom stereocenters. The van der Waals surface area contributed by atoms with Crippen LogP contribution in [0.5, 0.6) is 5.75 Å². The highest BCUT2D eigenvalue weighted by Gasteiger charge is 2.20. The summed E-state index contributed by atoms with van der Waals surface area (Å²) < 4.78 is 12.1. The fourth-order valence-corrected chi connectivity index (χ4v) is 2.93. The van der Waals surface area contributed by atoms with Crippen molar-refractivity contribution in [3.63, 3.8) is 0 Å². The van der Waals surface area contributed by atoms with Gasteiger partial charge in [-0.05, 0) is 56.5 Å². The van der Waals surface area contributed by atoms with Crippen LogP contribution in [0.4, 0.5) is 0 Å². The van der Waals surface area contributed by atoms with E-state index in [1.54, 1.807) is 6.08 Å². The van der Waals surface area contributed by atoms with Gasteiger partial charge in [0.05, 0.1) is 8.95 Å². The molecule has 1 heterocycles. The summed E-state index contributed by atoms with van der Waals surface area (Å²) in [6, 6.07) is 3.86. The van der Waals surface area contributed by atoms with E-state index in [1.807, 2.05) is 19.1 Å². The van der Waals surface area contributed by atoms with E-state index in [9.17, 15) is 4.79 Å². The van der Waals surface area contributed by atoms with Gasteiger partial charge in [0.1, 0.15) is 0 Å². The second kappa shape index (κ2) is 4.59. The first-order chi connectivity index (χ1) is 7.56. The number of aryl methyl sites for hydroxylation is 1. The number of halogens is 2. The molecule has 0 spiro atoms. The Hall–Kier alpha value is -0.810. The van der Waals surface area contributed by atoms with Crippen LogP contribution in [0.1, 0.15) is 5.56 Å². The number of carbonyl (C=O) groups excluding carboxylic acids is 1. The second-order valence-corrected chi connectivity index (χ2v) is 5.05. The number of hydrogen-bond acceptors (Lipinski definition) is 3. The van der Waals surface area contributed by atoms with Crippen molar-refractivity contribution in [3.05, 3.63) is 38.8 Å². The molecule has 0 saturated carbocycles. The summed E-state index contributed by atoms with van der Waals surface area (Å²) in [7, 11) is 0. The van der Waals surface area contributed by atoms with Crippen LogP contribution in [0.15, 0.2) is 33.2 Å². The van der Waals surface area contributed by atoms with Crippen LogP contribution >= 0.6 is 31.9 Å². The van der Waals surface area contributed by atoms with Gasteiger partial charge >= 0.3 is 5.97 Å². The Balaban J connectivity index is 2.22. The SMILES string of the molecule is Cc1cc(Br)c(OC2C=CC(=O)O2)c(Br)c1. The van der Waals surface area contributed by atoms with Crippen molar-refractivity contribution < 1.29 is 14.3 Å². The average molecular weight is 348 g/mol.